The molecule has 0 fully saturated rings. The number of hydrogen-bond acceptors (Lipinski definition) is 4. The normalized spacial score (nSPS) is 16.0. The van der Waals surface area contributed by atoms with Gasteiger partial charge in [0.15, 0.2) is 0 Å². The molecule has 2 rings (SSSR count). The Hall–Kier alpha value is 0.620. The predicted molar refractivity (Wildman–Crippen MR) is 48.0 cm³/mol. The van der Waals surface area contributed by atoms with E-state index in [1.165, 1.54) is 21.3 Å². The first kappa shape index (κ1) is 6.34. The Kier molecular flexibility index (Phi) is 1.65. The van der Waals surface area contributed by atoms with Crippen LogP contribution in [0, 0.1) is 3.14 Å². The zero-order valence-corrected chi connectivity index (χ0v) is 7.81. The van der Waals surface area contributed by atoms with Crippen molar-refractivity contribution in [2.75, 3.05) is 0 Å². The minimum atomic E-state index is 1.10. The minimum absolute atomic E-state index is 1.10. The van der Waals surface area contributed by atoms with Crippen LogP contribution in [-0.4, -0.2) is 0 Å². The van der Waals surface area contributed by atoms with Crippen molar-refractivity contribution in [3.63, 3.8) is 0 Å². The maximum absolute atomic E-state index is 5.05. The van der Waals surface area contributed by atoms with Crippen molar-refractivity contribution in [3.05, 3.63) is 12.9 Å². The molecule has 0 spiro atoms. The molecule has 1 aliphatic heterocycles. The lowest BCUT2D eigenvalue weighted by atomic mass is 10.5. The lowest BCUT2D eigenvalue weighted by Gasteiger charge is -1.76. The second kappa shape index (κ2) is 2.34. The highest BCUT2D eigenvalue weighted by Gasteiger charge is 2.13. The molecule has 0 N–H and O–H groups in total. The fraction of sp³-hybridized carbons (Fsp3) is 0.400. The second-order valence-electron chi connectivity index (χ2n) is 1.79. The molecule has 0 nitrogen and oxygen atoms in total. The molecule has 48 valence electrons. The maximum Gasteiger partial charge on any atom is 0.144 e. The summed E-state index contributed by atoms with van der Waals surface area (Å²) in [6.45, 7) is 0. The molecule has 2 heterocycles. The molecule has 0 unspecified atom stereocenters. The first-order valence-electron chi connectivity index (χ1n) is 2.56. The summed E-state index contributed by atoms with van der Waals surface area (Å²) < 4.78 is 1.10. The van der Waals surface area contributed by atoms with Crippen molar-refractivity contribution >= 4 is 46.7 Å². The Bertz CT molecular complexity index is 244. The van der Waals surface area contributed by atoms with Gasteiger partial charge in [0.1, 0.15) is 3.14 Å². The van der Waals surface area contributed by atoms with Crippen LogP contribution in [-0.2, 0) is 11.5 Å². The number of thioether (sulfide) groups is 1. The molecule has 0 aliphatic carbocycles. The molecule has 1 aromatic rings. The molecule has 1 aromatic heterocycles. The molecule has 1 aliphatic rings. The smallest absolute Gasteiger partial charge is 0.144 e. The van der Waals surface area contributed by atoms with Gasteiger partial charge in [0.05, 0.1) is 0 Å². The molecule has 0 amide bonds. The van der Waals surface area contributed by atoms with Crippen LogP contribution in [0.15, 0.2) is 0 Å². The summed E-state index contributed by atoms with van der Waals surface area (Å²) >= 11 is 10.6. The maximum atomic E-state index is 5.05. The molecule has 4 heteroatoms. The van der Waals surface area contributed by atoms with Crippen molar-refractivity contribution in [1.82, 2.24) is 0 Å². The quantitative estimate of drug-likeness (QED) is 0.579. The van der Waals surface area contributed by atoms with E-state index in [-0.39, 0.29) is 0 Å². The van der Waals surface area contributed by atoms with Gasteiger partial charge in [-0.1, -0.05) is 12.2 Å². The first-order valence-corrected chi connectivity index (χ1v) is 5.75. The van der Waals surface area contributed by atoms with E-state index in [1.807, 2.05) is 11.8 Å². The van der Waals surface area contributed by atoms with Crippen molar-refractivity contribution in [3.8, 4) is 0 Å². The fourth-order valence-corrected chi connectivity index (χ4v) is 5.17. The van der Waals surface area contributed by atoms with E-state index >= 15 is 0 Å². The van der Waals surface area contributed by atoms with Gasteiger partial charge in [-0.3, -0.25) is 0 Å². The van der Waals surface area contributed by atoms with Gasteiger partial charge in [-0.2, -0.15) is 11.8 Å². The number of hydrogen-bond donors (Lipinski definition) is 0. The van der Waals surface area contributed by atoms with Crippen LogP contribution in [0.4, 0.5) is 0 Å². The van der Waals surface area contributed by atoms with E-state index in [9.17, 15) is 0 Å². The van der Waals surface area contributed by atoms with Gasteiger partial charge in [0.25, 0.3) is 0 Å². The predicted octanol–water partition coefficient (Wildman–Crippen LogP) is 3.29. The van der Waals surface area contributed by atoms with Crippen LogP contribution < -0.4 is 0 Å². The SMILES string of the molecule is S=c1sc2c(s1)CSC2. The summed E-state index contributed by atoms with van der Waals surface area (Å²) in [6.07, 6.45) is 0. The second-order valence-corrected chi connectivity index (χ2v) is 6.17. The molecule has 0 aromatic carbocycles. The van der Waals surface area contributed by atoms with Crippen molar-refractivity contribution in [2.45, 2.75) is 11.5 Å². The highest BCUT2D eigenvalue weighted by molar-refractivity contribution is 7.98. The monoisotopic (exact) mass is 192 g/mol. The largest absolute Gasteiger partial charge is 0.151 e. The van der Waals surface area contributed by atoms with E-state index in [0.29, 0.717) is 0 Å². The molecule has 0 saturated heterocycles. The summed E-state index contributed by atoms with van der Waals surface area (Å²) in [7, 11) is 0. The highest BCUT2D eigenvalue weighted by Crippen LogP contribution is 2.37. The summed E-state index contributed by atoms with van der Waals surface area (Å²) in [5.41, 5.74) is 0. The fourth-order valence-electron chi connectivity index (χ4n) is 0.792. The Morgan fingerprint density at radius 3 is 2.22 bits per heavy atom. The third-order valence-corrected chi connectivity index (χ3v) is 5.28. The van der Waals surface area contributed by atoms with E-state index in [0.717, 1.165) is 3.14 Å². The summed E-state index contributed by atoms with van der Waals surface area (Å²) in [5, 5.41) is 0. The van der Waals surface area contributed by atoms with Crippen LogP contribution in [0.3, 0.4) is 0 Å². The summed E-state index contributed by atoms with van der Waals surface area (Å²) in [5.74, 6) is 2.40. The van der Waals surface area contributed by atoms with Crippen molar-refractivity contribution in [1.29, 1.82) is 0 Å². The van der Waals surface area contributed by atoms with Gasteiger partial charge < -0.3 is 0 Å². The third kappa shape index (κ3) is 1.09. The van der Waals surface area contributed by atoms with E-state index in [2.05, 4.69) is 0 Å². The van der Waals surface area contributed by atoms with Gasteiger partial charge in [0, 0.05) is 21.3 Å². The Morgan fingerprint density at radius 2 is 1.67 bits per heavy atom. The highest BCUT2D eigenvalue weighted by atomic mass is 32.2. The van der Waals surface area contributed by atoms with E-state index in [1.54, 1.807) is 22.7 Å². The Morgan fingerprint density at radius 1 is 1.11 bits per heavy atom. The molecule has 9 heavy (non-hydrogen) atoms. The van der Waals surface area contributed by atoms with Crippen LogP contribution in [0.1, 0.15) is 9.75 Å². The lowest BCUT2D eigenvalue weighted by Crippen LogP contribution is -1.62. The Labute approximate surface area is 70.9 Å². The lowest BCUT2D eigenvalue weighted by molar-refractivity contribution is 1.53. The number of fused-ring (bicyclic) bond motifs is 1. The van der Waals surface area contributed by atoms with Crippen molar-refractivity contribution < 1.29 is 0 Å². The van der Waals surface area contributed by atoms with Crippen LogP contribution in [0.2, 0.25) is 0 Å². The van der Waals surface area contributed by atoms with Crippen LogP contribution in [0.5, 0.6) is 0 Å². The Balaban J connectivity index is 2.64. The van der Waals surface area contributed by atoms with E-state index < -0.39 is 0 Å². The summed E-state index contributed by atoms with van der Waals surface area (Å²) in [4.78, 5) is 3.05. The van der Waals surface area contributed by atoms with Gasteiger partial charge in [-0.15, -0.1) is 22.7 Å². The van der Waals surface area contributed by atoms with Gasteiger partial charge in [-0.25, -0.2) is 0 Å². The third-order valence-electron chi connectivity index (χ3n) is 1.19. The summed E-state index contributed by atoms with van der Waals surface area (Å²) in [6, 6.07) is 0. The minimum Gasteiger partial charge on any atom is -0.151 e. The standard InChI is InChI=1S/C5H4S4/c6-5-8-3-1-7-2-4(3)9-5/h1-2H2. The van der Waals surface area contributed by atoms with E-state index in [4.69, 9.17) is 12.2 Å². The average molecular weight is 192 g/mol. The molecular formula is C5H4S4. The zero-order chi connectivity index (χ0) is 6.27. The van der Waals surface area contributed by atoms with Crippen LogP contribution in [0.25, 0.3) is 0 Å². The van der Waals surface area contributed by atoms with Crippen LogP contribution >= 0.6 is 46.7 Å². The molecule has 0 saturated carbocycles. The molecule has 0 bridgehead atoms. The topological polar surface area (TPSA) is 0 Å². The van der Waals surface area contributed by atoms with Gasteiger partial charge >= 0.3 is 0 Å². The first-order chi connectivity index (χ1) is 4.36. The molecule has 0 radical (unpaired) electrons. The zero-order valence-electron chi connectivity index (χ0n) is 4.55. The average Bonchev–Trinajstić information content (AvgIpc) is 2.22. The van der Waals surface area contributed by atoms with Crippen molar-refractivity contribution in [2.24, 2.45) is 0 Å². The van der Waals surface area contributed by atoms with Gasteiger partial charge in [0.2, 0.25) is 0 Å². The molecule has 0 atom stereocenters. The number of rotatable bonds is 0. The molecular weight excluding hydrogens is 188 g/mol. The van der Waals surface area contributed by atoms with Gasteiger partial charge in [-0.05, 0) is 0 Å².